The number of hydrogen-bond acceptors (Lipinski definition) is 6. The van der Waals surface area contributed by atoms with E-state index in [0.717, 1.165) is 23.5 Å². The summed E-state index contributed by atoms with van der Waals surface area (Å²) in [6.07, 6.45) is 2.69. The van der Waals surface area contributed by atoms with Crippen LogP contribution in [0.5, 0.6) is 0 Å². The predicted molar refractivity (Wildman–Crippen MR) is 144 cm³/mol. The van der Waals surface area contributed by atoms with E-state index in [4.69, 9.17) is 5.10 Å². The van der Waals surface area contributed by atoms with E-state index in [1.165, 1.54) is 4.57 Å². The highest BCUT2D eigenvalue weighted by atomic mass is 19.1. The third-order valence-electron chi connectivity index (χ3n) is 8.11. The molecule has 2 atom stereocenters. The van der Waals surface area contributed by atoms with Gasteiger partial charge in [0.2, 0.25) is 11.3 Å². The summed E-state index contributed by atoms with van der Waals surface area (Å²) in [7, 11) is 0. The fourth-order valence-corrected chi connectivity index (χ4v) is 6.01. The van der Waals surface area contributed by atoms with E-state index in [-0.39, 0.29) is 52.4 Å². The largest absolute Gasteiger partial charge is 0.478 e. The molecule has 0 bridgehead atoms. The molecule has 12 heteroatoms. The van der Waals surface area contributed by atoms with Crippen molar-refractivity contribution in [3.05, 3.63) is 75.1 Å². The zero-order valence-electron chi connectivity index (χ0n) is 21.8. The van der Waals surface area contributed by atoms with Crippen LogP contribution in [0, 0.1) is 11.6 Å². The van der Waals surface area contributed by atoms with Gasteiger partial charge < -0.3 is 19.7 Å². The first kappa shape index (κ1) is 25.7. The summed E-state index contributed by atoms with van der Waals surface area (Å²) in [5.74, 6) is -4.08. The van der Waals surface area contributed by atoms with Gasteiger partial charge in [0.25, 0.3) is 0 Å². The number of rotatable bonds is 4. The van der Waals surface area contributed by atoms with Crippen LogP contribution in [0.2, 0.25) is 0 Å². The zero-order valence-corrected chi connectivity index (χ0v) is 21.8. The second-order valence-corrected chi connectivity index (χ2v) is 10.3. The number of piperazine rings is 1. The number of hydrogen-bond donors (Lipinski definition) is 2. The predicted octanol–water partition coefficient (Wildman–Crippen LogP) is 3.30. The van der Waals surface area contributed by atoms with Crippen LogP contribution in [-0.2, 0) is 11.3 Å². The van der Waals surface area contributed by atoms with Crippen molar-refractivity contribution in [2.75, 3.05) is 36.1 Å². The lowest BCUT2D eigenvalue weighted by atomic mass is 10.0. The first-order chi connectivity index (χ1) is 19.1. The van der Waals surface area contributed by atoms with Crippen LogP contribution < -0.4 is 15.2 Å². The number of pyridine rings is 1. The molecule has 1 spiro atoms. The molecule has 2 aromatic carbocycles. The Balaban J connectivity index is 1.38. The number of aromatic carboxylic acids is 1. The lowest BCUT2D eigenvalue weighted by Crippen LogP contribution is -2.62. The lowest BCUT2D eigenvalue weighted by molar-refractivity contribution is -0.950. The number of fused-ring (bicyclic) bond motifs is 4. The van der Waals surface area contributed by atoms with Gasteiger partial charge in [-0.3, -0.25) is 9.69 Å². The van der Waals surface area contributed by atoms with E-state index < -0.39 is 34.6 Å². The number of amidine groups is 1. The number of carboxylic acids is 2. The summed E-state index contributed by atoms with van der Waals surface area (Å²) in [6, 6.07) is 8.11. The van der Waals surface area contributed by atoms with Crippen LogP contribution in [0.15, 0.2) is 52.0 Å². The average molecular weight is 551 g/mol. The second kappa shape index (κ2) is 8.98. The van der Waals surface area contributed by atoms with E-state index in [2.05, 4.69) is 0 Å². The van der Waals surface area contributed by atoms with Crippen molar-refractivity contribution >= 4 is 46.1 Å². The van der Waals surface area contributed by atoms with Gasteiger partial charge in [0, 0.05) is 12.7 Å². The number of carboxylic acid groups (broad SMARTS) is 2. The van der Waals surface area contributed by atoms with E-state index in [0.29, 0.717) is 19.0 Å². The van der Waals surface area contributed by atoms with Gasteiger partial charge >= 0.3 is 11.9 Å². The number of para-hydroxylation sites is 1. The summed E-state index contributed by atoms with van der Waals surface area (Å²) >= 11 is 0. The molecular formula is C28H26F2N5O5+. The molecule has 0 amide bonds. The molecule has 3 aliphatic rings. The Morgan fingerprint density at radius 2 is 1.93 bits per heavy atom. The summed E-state index contributed by atoms with van der Waals surface area (Å²) in [5, 5.41) is 23.8. The number of aromatic nitrogens is 1. The highest BCUT2D eigenvalue weighted by Crippen LogP contribution is 2.39. The van der Waals surface area contributed by atoms with Crippen molar-refractivity contribution in [1.82, 2.24) is 4.57 Å². The van der Waals surface area contributed by atoms with Crippen LogP contribution in [0.3, 0.4) is 0 Å². The minimum Gasteiger partial charge on any atom is -0.478 e. The molecule has 3 aliphatic heterocycles. The Hall–Kier alpha value is -4.58. The number of halogens is 2. The molecule has 3 aromatic rings. The standard InChI is InChI=1S/C28H25F2N5O5/c1-3-32-13-19(28(39)40)25(36)17-11-20(29)24(22(30)23(17)32)33-8-9-35(15(2)12-33)14-34-21-7-5-4-6-16(21)10-18(27(37)38)26(34)31-35/h4-7,10-11,13,15H,3,8-9,12,14H2,1-2H3,(H-,37,38,39,40)/p+1. The normalized spacial score (nSPS) is 21.8. The smallest absolute Gasteiger partial charge is 0.341 e. The molecule has 2 N–H and O–H groups in total. The molecule has 0 radical (unpaired) electrons. The van der Waals surface area contributed by atoms with Crippen LogP contribution in [0.25, 0.3) is 17.0 Å². The maximum Gasteiger partial charge on any atom is 0.341 e. The fraction of sp³-hybridized carbons (Fsp3) is 0.286. The van der Waals surface area contributed by atoms with Crippen LogP contribution >= 0.6 is 0 Å². The zero-order chi connectivity index (χ0) is 28.5. The maximum absolute atomic E-state index is 16.0. The summed E-state index contributed by atoms with van der Waals surface area (Å²) in [5.41, 5.74) is -0.224. The molecule has 40 heavy (non-hydrogen) atoms. The molecule has 1 fully saturated rings. The van der Waals surface area contributed by atoms with Crippen molar-refractivity contribution in [3.8, 4) is 0 Å². The number of quaternary nitrogens is 1. The number of nitrogens with zero attached hydrogens (tertiary/aromatic N) is 5. The first-order valence-electron chi connectivity index (χ1n) is 12.9. The summed E-state index contributed by atoms with van der Waals surface area (Å²) < 4.78 is 33.0. The molecule has 10 nitrogen and oxygen atoms in total. The average Bonchev–Trinajstić information content (AvgIpc) is 3.31. The van der Waals surface area contributed by atoms with Gasteiger partial charge in [0.1, 0.15) is 35.2 Å². The van der Waals surface area contributed by atoms with Crippen LogP contribution in [-0.4, -0.2) is 69.5 Å². The number of benzene rings is 2. The Bertz CT molecular complexity index is 1750. The van der Waals surface area contributed by atoms with Crippen LogP contribution in [0.1, 0.15) is 29.8 Å². The van der Waals surface area contributed by atoms with Crippen molar-refractivity contribution < 1.29 is 33.2 Å². The Morgan fingerprint density at radius 3 is 2.60 bits per heavy atom. The fourth-order valence-electron chi connectivity index (χ4n) is 6.01. The van der Waals surface area contributed by atoms with Crippen molar-refractivity contribution in [1.29, 1.82) is 0 Å². The van der Waals surface area contributed by atoms with Gasteiger partial charge in [0.05, 0.1) is 29.7 Å². The Morgan fingerprint density at radius 1 is 1.18 bits per heavy atom. The number of carbonyl (C=O) groups is 2. The summed E-state index contributed by atoms with van der Waals surface area (Å²) in [6.45, 7) is 4.90. The first-order valence-corrected chi connectivity index (χ1v) is 12.9. The number of aliphatic carboxylic acids is 1. The van der Waals surface area contributed by atoms with Gasteiger partial charge in [-0.1, -0.05) is 23.3 Å². The lowest BCUT2D eigenvalue weighted by Gasteiger charge is -2.43. The van der Waals surface area contributed by atoms with Gasteiger partial charge in [0.15, 0.2) is 12.5 Å². The monoisotopic (exact) mass is 550 g/mol. The third-order valence-corrected chi connectivity index (χ3v) is 8.11. The minimum atomic E-state index is -1.47. The highest BCUT2D eigenvalue weighted by molar-refractivity contribution is 6.29. The van der Waals surface area contributed by atoms with Gasteiger partial charge in [-0.25, -0.2) is 18.4 Å². The van der Waals surface area contributed by atoms with E-state index >= 15 is 8.78 Å². The molecule has 4 heterocycles. The quantitative estimate of drug-likeness (QED) is 0.479. The minimum absolute atomic E-state index is 0.0909. The molecule has 206 valence electrons. The van der Waals surface area contributed by atoms with Gasteiger partial charge in [-0.2, -0.15) is 4.59 Å². The van der Waals surface area contributed by atoms with Gasteiger partial charge in [-0.15, -0.1) is 0 Å². The molecular weight excluding hydrogens is 524 g/mol. The van der Waals surface area contributed by atoms with Crippen molar-refractivity contribution in [2.45, 2.75) is 26.4 Å². The maximum atomic E-state index is 16.0. The second-order valence-electron chi connectivity index (χ2n) is 10.3. The van der Waals surface area contributed by atoms with Crippen molar-refractivity contribution in [2.24, 2.45) is 5.10 Å². The van der Waals surface area contributed by atoms with E-state index in [1.54, 1.807) is 17.9 Å². The molecule has 1 aromatic heterocycles. The molecule has 0 aliphatic carbocycles. The number of anilines is 2. The Labute approximate surface area is 226 Å². The molecule has 2 unspecified atom stereocenters. The molecule has 6 rings (SSSR count). The van der Waals surface area contributed by atoms with Crippen molar-refractivity contribution in [3.63, 3.8) is 0 Å². The highest BCUT2D eigenvalue weighted by Gasteiger charge is 2.50. The SMILES string of the molecule is CCn1cc(C(=O)O)c(=O)c2cc(F)c(N3CC[N+]4(CN5C(=N4)C(C(=O)O)=Cc4ccccc45)C(C)C3)c(F)c21. The van der Waals surface area contributed by atoms with E-state index in [1.807, 2.05) is 36.1 Å². The molecule has 0 saturated carbocycles. The Kier molecular flexibility index (Phi) is 5.77. The third kappa shape index (κ3) is 3.63. The number of aryl methyl sites for hydroxylation is 1. The topological polar surface area (TPSA) is 115 Å². The summed E-state index contributed by atoms with van der Waals surface area (Å²) in [4.78, 5) is 39.8. The van der Waals surface area contributed by atoms with Gasteiger partial charge in [-0.05, 0) is 37.6 Å². The van der Waals surface area contributed by atoms with Crippen LogP contribution in [0.4, 0.5) is 20.2 Å². The van der Waals surface area contributed by atoms with E-state index in [9.17, 15) is 24.6 Å². The molecule has 1 saturated heterocycles.